The second-order valence-electron chi connectivity index (χ2n) is 4.68. The molecule has 2 N–H and O–H groups in total. The maximum Gasteiger partial charge on any atom is 0.160 e. The Hall–Kier alpha value is -3.09. The first-order chi connectivity index (χ1) is 11.1. The molecule has 7 heteroatoms. The first-order valence-corrected chi connectivity index (χ1v) is 6.67. The Bertz CT molecular complexity index is 839. The highest BCUT2D eigenvalue weighted by Crippen LogP contribution is 2.21. The number of rotatable bonds is 4. The van der Waals surface area contributed by atoms with Gasteiger partial charge < -0.3 is 10.6 Å². The van der Waals surface area contributed by atoms with Crippen molar-refractivity contribution in [3.05, 3.63) is 72.3 Å². The van der Waals surface area contributed by atoms with Crippen LogP contribution >= 0.6 is 0 Å². The van der Waals surface area contributed by atoms with Crippen molar-refractivity contribution in [1.82, 2.24) is 9.97 Å². The van der Waals surface area contributed by atoms with Crippen LogP contribution in [-0.4, -0.2) is 9.97 Å². The average Bonchev–Trinajstić information content (AvgIpc) is 2.51. The van der Waals surface area contributed by atoms with Gasteiger partial charge in [-0.05, 0) is 30.3 Å². The molecule has 3 rings (SSSR count). The zero-order chi connectivity index (χ0) is 16.2. The van der Waals surface area contributed by atoms with Crippen LogP contribution in [0, 0.1) is 17.5 Å². The van der Waals surface area contributed by atoms with Crippen LogP contribution in [0.5, 0.6) is 0 Å². The van der Waals surface area contributed by atoms with Crippen molar-refractivity contribution < 1.29 is 13.2 Å². The SMILES string of the molecule is Fc1cccc(Nc2cc(Nc3ccc(F)c(F)c3)ncn2)c1. The zero-order valence-corrected chi connectivity index (χ0v) is 11.7. The zero-order valence-electron chi connectivity index (χ0n) is 11.7. The Morgan fingerprint density at radius 2 is 1.39 bits per heavy atom. The number of hydrogen-bond donors (Lipinski definition) is 2. The molecular weight excluding hydrogens is 305 g/mol. The summed E-state index contributed by atoms with van der Waals surface area (Å²) in [5, 5.41) is 5.76. The van der Waals surface area contributed by atoms with Gasteiger partial charge in [-0.25, -0.2) is 23.1 Å². The Morgan fingerprint density at radius 3 is 2.04 bits per heavy atom. The quantitative estimate of drug-likeness (QED) is 0.750. The number of benzene rings is 2. The summed E-state index contributed by atoms with van der Waals surface area (Å²) in [6, 6.07) is 10.9. The molecule has 0 saturated heterocycles. The fourth-order valence-electron chi connectivity index (χ4n) is 1.93. The Labute approximate surface area is 130 Å². The summed E-state index contributed by atoms with van der Waals surface area (Å²) in [6.07, 6.45) is 1.30. The van der Waals surface area contributed by atoms with Gasteiger partial charge in [-0.2, -0.15) is 0 Å². The second kappa shape index (κ2) is 6.35. The normalized spacial score (nSPS) is 10.4. The van der Waals surface area contributed by atoms with E-state index in [1.807, 2.05) is 0 Å². The third-order valence-corrected chi connectivity index (χ3v) is 2.96. The molecule has 23 heavy (non-hydrogen) atoms. The molecule has 1 heterocycles. The maximum absolute atomic E-state index is 13.2. The molecule has 0 radical (unpaired) electrons. The Balaban J connectivity index is 1.78. The number of anilines is 4. The molecule has 3 aromatic rings. The summed E-state index contributed by atoms with van der Waals surface area (Å²) in [5.74, 6) is -1.45. The lowest BCUT2D eigenvalue weighted by molar-refractivity contribution is 0.509. The van der Waals surface area contributed by atoms with E-state index < -0.39 is 11.6 Å². The van der Waals surface area contributed by atoms with Crippen LogP contribution in [0.2, 0.25) is 0 Å². The van der Waals surface area contributed by atoms with E-state index in [0.29, 0.717) is 23.0 Å². The third kappa shape index (κ3) is 3.76. The van der Waals surface area contributed by atoms with E-state index in [-0.39, 0.29) is 5.82 Å². The highest BCUT2D eigenvalue weighted by Gasteiger charge is 2.05. The molecule has 1 aromatic heterocycles. The summed E-state index contributed by atoms with van der Waals surface area (Å²) < 4.78 is 39.3. The minimum atomic E-state index is -0.956. The number of halogens is 3. The molecular formula is C16H11F3N4. The highest BCUT2D eigenvalue weighted by atomic mass is 19.2. The van der Waals surface area contributed by atoms with Crippen molar-refractivity contribution in [2.45, 2.75) is 0 Å². The maximum atomic E-state index is 13.2. The van der Waals surface area contributed by atoms with Crippen molar-refractivity contribution >= 4 is 23.0 Å². The van der Waals surface area contributed by atoms with E-state index in [4.69, 9.17) is 0 Å². The molecule has 0 saturated carbocycles. The van der Waals surface area contributed by atoms with Gasteiger partial charge in [0.25, 0.3) is 0 Å². The van der Waals surface area contributed by atoms with Crippen LogP contribution in [0.1, 0.15) is 0 Å². The number of nitrogens with zero attached hydrogens (tertiary/aromatic N) is 2. The molecule has 0 aliphatic rings. The van der Waals surface area contributed by atoms with Crippen LogP contribution in [0.25, 0.3) is 0 Å². The molecule has 0 spiro atoms. The monoisotopic (exact) mass is 316 g/mol. The topological polar surface area (TPSA) is 49.8 Å². The van der Waals surface area contributed by atoms with Crippen molar-refractivity contribution in [1.29, 1.82) is 0 Å². The summed E-state index contributed by atoms with van der Waals surface area (Å²) in [7, 11) is 0. The lowest BCUT2D eigenvalue weighted by Gasteiger charge is -2.09. The largest absolute Gasteiger partial charge is 0.340 e. The molecule has 2 aromatic carbocycles. The lowest BCUT2D eigenvalue weighted by Crippen LogP contribution is -1.99. The van der Waals surface area contributed by atoms with Crippen LogP contribution in [-0.2, 0) is 0 Å². The van der Waals surface area contributed by atoms with Gasteiger partial charge in [0.1, 0.15) is 23.8 Å². The fraction of sp³-hybridized carbons (Fsp3) is 0. The fourth-order valence-corrected chi connectivity index (χ4v) is 1.93. The summed E-state index contributed by atoms with van der Waals surface area (Å²) in [5.41, 5.74) is 0.877. The van der Waals surface area contributed by atoms with E-state index in [2.05, 4.69) is 20.6 Å². The predicted molar refractivity (Wildman–Crippen MR) is 81.4 cm³/mol. The summed E-state index contributed by atoms with van der Waals surface area (Å²) in [6.45, 7) is 0. The Morgan fingerprint density at radius 1 is 0.696 bits per heavy atom. The number of hydrogen-bond acceptors (Lipinski definition) is 4. The lowest BCUT2D eigenvalue weighted by atomic mass is 10.3. The van der Waals surface area contributed by atoms with Gasteiger partial charge in [0.05, 0.1) is 0 Å². The molecule has 0 bridgehead atoms. The van der Waals surface area contributed by atoms with E-state index >= 15 is 0 Å². The van der Waals surface area contributed by atoms with Gasteiger partial charge >= 0.3 is 0 Å². The van der Waals surface area contributed by atoms with Gasteiger partial charge in [0.15, 0.2) is 11.6 Å². The van der Waals surface area contributed by atoms with Crippen LogP contribution in [0.15, 0.2) is 54.9 Å². The summed E-state index contributed by atoms with van der Waals surface area (Å²) in [4.78, 5) is 8.01. The van der Waals surface area contributed by atoms with Crippen LogP contribution in [0.4, 0.5) is 36.2 Å². The smallest absolute Gasteiger partial charge is 0.160 e. The molecule has 116 valence electrons. The van der Waals surface area contributed by atoms with Crippen molar-refractivity contribution in [2.24, 2.45) is 0 Å². The molecule has 0 amide bonds. The predicted octanol–water partition coefficient (Wildman–Crippen LogP) is 4.38. The van der Waals surface area contributed by atoms with E-state index in [9.17, 15) is 13.2 Å². The van der Waals surface area contributed by atoms with E-state index in [0.717, 1.165) is 12.1 Å². The standard InChI is InChI=1S/C16H11F3N4/c17-10-2-1-3-11(6-10)22-15-8-16(21-9-20-15)23-12-4-5-13(18)14(19)7-12/h1-9H,(H2,20,21,22,23). The van der Waals surface area contributed by atoms with E-state index in [1.165, 1.54) is 24.5 Å². The summed E-state index contributed by atoms with van der Waals surface area (Å²) >= 11 is 0. The molecule has 4 nitrogen and oxygen atoms in total. The van der Waals surface area contributed by atoms with Crippen LogP contribution < -0.4 is 10.6 Å². The molecule has 0 aliphatic carbocycles. The van der Waals surface area contributed by atoms with Crippen molar-refractivity contribution in [2.75, 3.05) is 10.6 Å². The number of aromatic nitrogens is 2. The molecule has 0 fully saturated rings. The van der Waals surface area contributed by atoms with Gasteiger partial charge in [-0.3, -0.25) is 0 Å². The molecule has 0 atom stereocenters. The third-order valence-electron chi connectivity index (χ3n) is 2.96. The minimum Gasteiger partial charge on any atom is -0.340 e. The number of nitrogens with one attached hydrogen (secondary N) is 2. The van der Waals surface area contributed by atoms with Crippen molar-refractivity contribution in [3.8, 4) is 0 Å². The Kier molecular flexibility index (Phi) is 4.09. The average molecular weight is 316 g/mol. The van der Waals surface area contributed by atoms with Gasteiger partial charge in [-0.15, -0.1) is 0 Å². The molecule has 0 unspecified atom stereocenters. The van der Waals surface area contributed by atoms with Gasteiger partial charge in [0, 0.05) is 23.5 Å². The minimum absolute atomic E-state index is 0.347. The first kappa shape index (κ1) is 14.8. The highest BCUT2D eigenvalue weighted by molar-refractivity contribution is 5.62. The van der Waals surface area contributed by atoms with Gasteiger partial charge in [-0.1, -0.05) is 6.07 Å². The van der Waals surface area contributed by atoms with Crippen molar-refractivity contribution in [3.63, 3.8) is 0 Å². The molecule has 0 aliphatic heterocycles. The van der Waals surface area contributed by atoms with E-state index in [1.54, 1.807) is 18.2 Å². The first-order valence-electron chi connectivity index (χ1n) is 6.67. The van der Waals surface area contributed by atoms with Crippen LogP contribution in [0.3, 0.4) is 0 Å². The van der Waals surface area contributed by atoms with Gasteiger partial charge in [0.2, 0.25) is 0 Å². The second-order valence-corrected chi connectivity index (χ2v) is 4.68.